The maximum atomic E-state index is 12.8. The molecule has 2 amide bonds. The van der Waals surface area contributed by atoms with Gasteiger partial charge in [0, 0.05) is 45.1 Å². The Balaban J connectivity index is 1.24. The largest absolute Gasteiger partial charge is 0.352 e. The predicted molar refractivity (Wildman–Crippen MR) is 126 cm³/mol. The third kappa shape index (κ3) is 5.62. The van der Waals surface area contributed by atoms with Crippen molar-refractivity contribution in [3.05, 3.63) is 65.2 Å². The van der Waals surface area contributed by atoms with Crippen LogP contribution in [0.3, 0.4) is 0 Å². The molecular weight excluding hydrogens is 438 g/mol. The second-order valence-corrected chi connectivity index (χ2v) is 10.9. The molecule has 2 aliphatic heterocycles. The number of rotatable bonds is 7. The summed E-state index contributed by atoms with van der Waals surface area (Å²) in [6.07, 6.45) is 2.60. The SMILES string of the molecule is Cc1ccc(S(=O)(=O)N2CCC(C(=O)NCc3ccc(CN4CCCC4=O)cc3)CC2)cc1. The molecule has 0 aliphatic carbocycles. The number of sulfonamides is 1. The van der Waals surface area contributed by atoms with Gasteiger partial charge in [0.25, 0.3) is 0 Å². The first-order valence-corrected chi connectivity index (χ1v) is 13.0. The van der Waals surface area contributed by atoms with Gasteiger partial charge in [-0.2, -0.15) is 4.31 Å². The highest BCUT2D eigenvalue weighted by atomic mass is 32.2. The molecule has 0 bridgehead atoms. The second-order valence-electron chi connectivity index (χ2n) is 8.94. The van der Waals surface area contributed by atoms with Crippen LogP contribution in [0.4, 0.5) is 0 Å². The fourth-order valence-corrected chi connectivity index (χ4v) is 5.87. The summed E-state index contributed by atoms with van der Waals surface area (Å²) in [6.45, 7) is 4.50. The minimum absolute atomic E-state index is 0.0332. The number of carbonyl (C=O) groups excluding carboxylic acids is 2. The zero-order chi connectivity index (χ0) is 23.4. The number of piperidine rings is 1. The second kappa shape index (κ2) is 10.1. The monoisotopic (exact) mass is 469 g/mol. The molecule has 33 heavy (non-hydrogen) atoms. The zero-order valence-corrected chi connectivity index (χ0v) is 19.8. The van der Waals surface area contributed by atoms with Crippen LogP contribution in [0.15, 0.2) is 53.4 Å². The molecule has 0 aromatic heterocycles. The van der Waals surface area contributed by atoms with Gasteiger partial charge in [0.2, 0.25) is 21.8 Å². The minimum atomic E-state index is -3.52. The van der Waals surface area contributed by atoms with Crippen molar-refractivity contribution in [2.24, 2.45) is 5.92 Å². The Hall–Kier alpha value is -2.71. The Morgan fingerprint density at radius 2 is 1.61 bits per heavy atom. The minimum Gasteiger partial charge on any atom is -0.352 e. The van der Waals surface area contributed by atoms with Crippen molar-refractivity contribution in [2.75, 3.05) is 19.6 Å². The quantitative estimate of drug-likeness (QED) is 0.676. The fourth-order valence-electron chi connectivity index (χ4n) is 4.41. The average molecular weight is 470 g/mol. The molecule has 8 heteroatoms. The van der Waals surface area contributed by atoms with Gasteiger partial charge in [0.05, 0.1) is 4.90 Å². The van der Waals surface area contributed by atoms with Crippen LogP contribution in [-0.2, 0) is 32.7 Å². The number of amides is 2. The Labute approximate surface area is 195 Å². The lowest BCUT2D eigenvalue weighted by Gasteiger charge is -2.30. The molecule has 2 aliphatic rings. The van der Waals surface area contributed by atoms with Gasteiger partial charge < -0.3 is 10.2 Å². The van der Waals surface area contributed by atoms with E-state index in [1.165, 1.54) is 4.31 Å². The zero-order valence-electron chi connectivity index (χ0n) is 19.0. The number of nitrogens with one attached hydrogen (secondary N) is 1. The molecule has 1 N–H and O–H groups in total. The van der Waals surface area contributed by atoms with Crippen molar-refractivity contribution in [2.45, 2.75) is 50.6 Å². The van der Waals surface area contributed by atoms with E-state index in [1.807, 2.05) is 36.1 Å². The van der Waals surface area contributed by atoms with Crippen LogP contribution in [0.2, 0.25) is 0 Å². The van der Waals surface area contributed by atoms with E-state index in [9.17, 15) is 18.0 Å². The van der Waals surface area contributed by atoms with Crippen molar-refractivity contribution < 1.29 is 18.0 Å². The van der Waals surface area contributed by atoms with Gasteiger partial charge >= 0.3 is 0 Å². The van der Waals surface area contributed by atoms with Crippen molar-refractivity contribution in [3.63, 3.8) is 0 Å². The summed E-state index contributed by atoms with van der Waals surface area (Å²) < 4.78 is 27.2. The van der Waals surface area contributed by atoms with Gasteiger partial charge in [-0.1, -0.05) is 42.0 Å². The van der Waals surface area contributed by atoms with E-state index < -0.39 is 10.0 Å². The molecule has 2 saturated heterocycles. The van der Waals surface area contributed by atoms with Crippen LogP contribution in [-0.4, -0.2) is 49.1 Å². The first-order valence-electron chi connectivity index (χ1n) is 11.5. The Morgan fingerprint density at radius 3 is 2.21 bits per heavy atom. The summed E-state index contributed by atoms with van der Waals surface area (Å²) in [5, 5.41) is 2.99. The highest BCUT2D eigenvalue weighted by molar-refractivity contribution is 7.89. The summed E-state index contributed by atoms with van der Waals surface area (Å²) in [4.78, 5) is 26.6. The molecule has 2 heterocycles. The number of nitrogens with zero attached hydrogens (tertiary/aromatic N) is 2. The molecule has 2 fully saturated rings. The fraction of sp³-hybridized carbons (Fsp3) is 0.440. The first kappa shape index (κ1) is 23.4. The van der Waals surface area contributed by atoms with E-state index in [4.69, 9.17) is 0 Å². The average Bonchev–Trinajstić information content (AvgIpc) is 3.23. The normalized spacial score (nSPS) is 18.0. The molecule has 7 nitrogen and oxygen atoms in total. The molecule has 0 spiro atoms. The van der Waals surface area contributed by atoms with Gasteiger partial charge in [-0.3, -0.25) is 9.59 Å². The Bertz CT molecular complexity index is 1090. The maximum absolute atomic E-state index is 12.8. The molecule has 0 saturated carbocycles. The molecular formula is C25H31N3O4S. The summed E-state index contributed by atoms with van der Waals surface area (Å²) in [5.41, 5.74) is 3.10. The van der Waals surface area contributed by atoms with Crippen molar-refractivity contribution >= 4 is 21.8 Å². The lowest BCUT2D eigenvalue weighted by molar-refractivity contribution is -0.128. The molecule has 176 valence electrons. The third-order valence-electron chi connectivity index (χ3n) is 6.52. The van der Waals surface area contributed by atoms with E-state index >= 15 is 0 Å². The molecule has 4 rings (SSSR count). The molecule has 2 aromatic rings. The van der Waals surface area contributed by atoms with Crippen LogP contribution in [0.5, 0.6) is 0 Å². The lowest BCUT2D eigenvalue weighted by Crippen LogP contribution is -2.42. The van der Waals surface area contributed by atoms with Crippen molar-refractivity contribution in [3.8, 4) is 0 Å². The summed E-state index contributed by atoms with van der Waals surface area (Å²) in [5.74, 6) is -0.00639. The summed E-state index contributed by atoms with van der Waals surface area (Å²) in [6, 6.07) is 14.8. The third-order valence-corrected chi connectivity index (χ3v) is 8.43. The predicted octanol–water partition coefficient (Wildman–Crippen LogP) is 2.83. The van der Waals surface area contributed by atoms with E-state index in [0.29, 0.717) is 50.3 Å². The van der Waals surface area contributed by atoms with Crippen LogP contribution in [0.25, 0.3) is 0 Å². The van der Waals surface area contributed by atoms with Gasteiger partial charge in [-0.15, -0.1) is 0 Å². The van der Waals surface area contributed by atoms with E-state index in [1.54, 1.807) is 24.3 Å². The molecule has 0 unspecified atom stereocenters. The first-order chi connectivity index (χ1) is 15.8. The standard InChI is InChI=1S/C25H31N3O4S/c1-19-4-10-23(11-5-19)33(31,32)28-15-12-22(13-16-28)25(30)26-17-20-6-8-21(9-7-20)18-27-14-2-3-24(27)29/h4-11,22H,2-3,12-18H2,1H3,(H,26,30). The highest BCUT2D eigenvalue weighted by Crippen LogP contribution is 2.24. The lowest BCUT2D eigenvalue weighted by atomic mass is 9.97. The maximum Gasteiger partial charge on any atom is 0.243 e. The number of benzene rings is 2. The number of carbonyl (C=O) groups is 2. The van der Waals surface area contributed by atoms with Crippen LogP contribution in [0, 0.1) is 12.8 Å². The van der Waals surface area contributed by atoms with Gasteiger partial charge in [-0.25, -0.2) is 8.42 Å². The Morgan fingerprint density at radius 1 is 0.970 bits per heavy atom. The smallest absolute Gasteiger partial charge is 0.243 e. The Kier molecular flexibility index (Phi) is 7.14. The van der Waals surface area contributed by atoms with Gasteiger partial charge in [0.1, 0.15) is 0 Å². The van der Waals surface area contributed by atoms with Gasteiger partial charge in [-0.05, 0) is 49.4 Å². The number of aryl methyl sites for hydroxylation is 1. The molecule has 2 aromatic carbocycles. The number of likely N-dealkylation sites (tertiary alicyclic amines) is 1. The van der Waals surface area contributed by atoms with E-state index in [-0.39, 0.29) is 17.7 Å². The molecule has 0 radical (unpaired) electrons. The van der Waals surface area contributed by atoms with Crippen LogP contribution in [0.1, 0.15) is 42.4 Å². The number of hydrogen-bond acceptors (Lipinski definition) is 4. The van der Waals surface area contributed by atoms with E-state index in [0.717, 1.165) is 29.7 Å². The molecule has 0 atom stereocenters. The van der Waals surface area contributed by atoms with Gasteiger partial charge in [0.15, 0.2) is 0 Å². The van der Waals surface area contributed by atoms with E-state index in [2.05, 4.69) is 5.32 Å². The summed E-state index contributed by atoms with van der Waals surface area (Å²) >= 11 is 0. The van der Waals surface area contributed by atoms with Crippen LogP contribution < -0.4 is 5.32 Å². The highest BCUT2D eigenvalue weighted by Gasteiger charge is 2.32. The van der Waals surface area contributed by atoms with Crippen LogP contribution >= 0.6 is 0 Å². The van der Waals surface area contributed by atoms with Crippen molar-refractivity contribution in [1.82, 2.24) is 14.5 Å². The summed E-state index contributed by atoms with van der Waals surface area (Å²) in [7, 11) is -3.52. The van der Waals surface area contributed by atoms with Crippen molar-refractivity contribution in [1.29, 1.82) is 0 Å². The topological polar surface area (TPSA) is 86.8 Å². The number of hydrogen-bond donors (Lipinski definition) is 1.